The number of benzene rings is 2. The van der Waals surface area contributed by atoms with E-state index in [2.05, 4.69) is 15.5 Å². The van der Waals surface area contributed by atoms with Gasteiger partial charge in [0.05, 0.1) is 12.8 Å². The first-order valence-corrected chi connectivity index (χ1v) is 6.07. The van der Waals surface area contributed by atoms with Crippen LogP contribution in [0.4, 0.5) is 5.69 Å². The molecule has 0 amide bonds. The molecule has 2 aromatic carbocycles. The highest BCUT2D eigenvalue weighted by atomic mass is 16.5. The Morgan fingerprint density at radius 3 is 2.65 bits per heavy atom. The summed E-state index contributed by atoms with van der Waals surface area (Å²) in [4.78, 5) is 0. The highest BCUT2D eigenvalue weighted by molar-refractivity contribution is 5.73. The molecule has 3 rings (SSSR count). The van der Waals surface area contributed by atoms with Crippen LogP contribution in [0.3, 0.4) is 0 Å². The fourth-order valence-corrected chi connectivity index (χ4v) is 1.95. The standard InChI is InChI=1S/C14H13N5O/c1-20-11-7-8-13(15)12(9-11)14-16-17-18-19(14)10-5-3-2-4-6-10/h2-9H,15H2,1H3. The number of nitrogens with zero attached hydrogens (tertiary/aromatic N) is 4. The van der Waals surface area contributed by atoms with Crippen LogP contribution in [0.2, 0.25) is 0 Å². The minimum absolute atomic E-state index is 0.576. The summed E-state index contributed by atoms with van der Waals surface area (Å²) in [5, 5.41) is 11.8. The van der Waals surface area contributed by atoms with Crippen molar-refractivity contribution in [3.05, 3.63) is 48.5 Å². The third-order valence-corrected chi connectivity index (χ3v) is 2.97. The summed E-state index contributed by atoms with van der Waals surface area (Å²) in [6.07, 6.45) is 0. The van der Waals surface area contributed by atoms with E-state index in [-0.39, 0.29) is 0 Å². The second kappa shape index (κ2) is 5.00. The van der Waals surface area contributed by atoms with E-state index in [0.717, 1.165) is 11.3 Å². The monoisotopic (exact) mass is 267 g/mol. The Bertz CT molecular complexity index is 723. The predicted molar refractivity (Wildman–Crippen MR) is 75.6 cm³/mol. The Labute approximate surface area is 115 Å². The van der Waals surface area contributed by atoms with Crippen molar-refractivity contribution in [2.45, 2.75) is 0 Å². The fourth-order valence-electron chi connectivity index (χ4n) is 1.95. The maximum atomic E-state index is 6.02. The first-order valence-electron chi connectivity index (χ1n) is 6.07. The number of hydrogen-bond donors (Lipinski definition) is 1. The van der Waals surface area contributed by atoms with Gasteiger partial charge in [0.25, 0.3) is 0 Å². The molecule has 0 spiro atoms. The number of methoxy groups -OCH3 is 1. The lowest BCUT2D eigenvalue weighted by Gasteiger charge is -2.08. The molecule has 2 N–H and O–H groups in total. The molecule has 0 saturated heterocycles. The molecule has 0 aliphatic carbocycles. The quantitative estimate of drug-likeness (QED) is 0.733. The van der Waals surface area contributed by atoms with Crippen LogP contribution in [0, 0.1) is 0 Å². The van der Waals surface area contributed by atoms with E-state index in [1.165, 1.54) is 0 Å². The van der Waals surface area contributed by atoms with Crippen LogP contribution in [0.25, 0.3) is 17.1 Å². The van der Waals surface area contributed by atoms with Gasteiger partial charge in [-0.15, -0.1) is 5.10 Å². The number of anilines is 1. The number of aromatic nitrogens is 4. The molecule has 0 bridgehead atoms. The number of para-hydroxylation sites is 1. The smallest absolute Gasteiger partial charge is 0.189 e. The van der Waals surface area contributed by atoms with Crippen molar-refractivity contribution < 1.29 is 4.74 Å². The normalized spacial score (nSPS) is 10.4. The van der Waals surface area contributed by atoms with Gasteiger partial charge in [-0.05, 0) is 40.8 Å². The van der Waals surface area contributed by atoms with Gasteiger partial charge in [0.1, 0.15) is 5.75 Å². The van der Waals surface area contributed by atoms with Gasteiger partial charge >= 0.3 is 0 Å². The Kier molecular flexibility index (Phi) is 3.04. The van der Waals surface area contributed by atoms with Gasteiger partial charge in [-0.2, -0.15) is 4.68 Å². The summed E-state index contributed by atoms with van der Waals surface area (Å²) >= 11 is 0. The number of nitrogen functional groups attached to an aromatic ring is 1. The fraction of sp³-hybridized carbons (Fsp3) is 0.0714. The average Bonchev–Trinajstić information content (AvgIpc) is 2.98. The Balaban J connectivity index is 2.15. The second-order valence-electron chi connectivity index (χ2n) is 4.20. The first kappa shape index (κ1) is 12.2. The number of tetrazole rings is 1. The molecule has 0 unspecified atom stereocenters. The van der Waals surface area contributed by atoms with Crippen LogP contribution in [-0.2, 0) is 0 Å². The van der Waals surface area contributed by atoms with Crippen LogP contribution in [0.1, 0.15) is 0 Å². The van der Waals surface area contributed by atoms with E-state index in [9.17, 15) is 0 Å². The highest BCUT2D eigenvalue weighted by Crippen LogP contribution is 2.29. The SMILES string of the molecule is COc1ccc(N)c(-c2nnnn2-c2ccccc2)c1. The van der Waals surface area contributed by atoms with Crippen LogP contribution in [-0.4, -0.2) is 27.3 Å². The molecule has 0 saturated carbocycles. The van der Waals surface area contributed by atoms with Gasteiger partial charge in [0.2, 0.25) is 0 Å². The van der Waals surface area contributed by atoms with Crippen LogP contribution in [0.15, 0.2) is 48.5 Å². The van der Waals surface area contributed by atoms with Crippen molar-refractivity contribution in [1.82, 2.24) is 20.2 Å². The molecular weight excluding hydrogens is 254 g/mol. The van der Waals surface area contributed by atoms with Crippen LogP contribution >= 0.6 is 0 Å². The molecule has 0 radical (unpaired) electrons. The van der Waals surface area contributed by atoms with E-state index < -0.39 is 0 Å². The predicted octanol–water partition coefficient (Wildman–Crippen LogP) is 1.92. The van der Waals surface area contributed by atoms with Gasteiger partial charge in [-0.25, -0.2) is 0 Å². The molecule has 20 heavy (non-hydrogen) atoms. The number of nitrogens with two attached hydrogens (primary N) is 1. The van der Waals surface area contributed by atoms with Crippen molar-refractivity contribution in [3.63, 3.8) is 0 Å². The van der Waals surface area contributed by atoms with Gasteiger partial charge in [-0.1, -0.05) is 18.2 Å². The molecule has 0 aliphatic heterocycles. The van der Waals surface area contributed by atoms with Crippen molar-refractivity contribution in [3.8, 4) is 22.8 Å². The topological polar surface area (TPSA) is 78.8 Å². The molecule has 1 heterocycles. The zero-order valence-electron chi connectivity index (χ0n) is 10.9. The van der Waals surface area contributed by atoms with Gasteiger partial charge in [0, 0.05) is 11.3 Å². The minimum atomic E-state index is 0.576. The average molecular weight is 267 g/mol. The zero-order valence-corrected chi connectivity index (χ0v) is 10.9. The summed E-state index contributed by atoms with van der Waals surface area (Å²) < 4.78 is 6.86. The zero-order chi connectivity index (χ0) is 13.9. The Hall–Kier alpha value is -2.89. The molecule has 0 fully saturated rings. The van der Waals surface area contributed by atoms with Crippen molar-refractivity contribution in [1.29, 1.82) is 0 Å². The second-order valence-corrected chi connectivity index (χ2v) is 4.20. The summed E-state index contributed by atoms with van der Waals surface area (Å²) in [7, 11) is 1.61. The molecule has 3 aromatic rings. The maximum Gasteiger partial charge on any atom is 0.189 e. The Morgan fingerprint density at radius 2 is 1.90 bits per heavy atom. The van der Waals surface area contributed by atoms with Gasteiger partial charge in [-0.3, -0.25) is 0 Å². The van der Waals surface area contributed by atoms with Gasteiger partial charge < -0.3 is 10.5 Å². The van der Waals surface area contributed by atoms with Crippen molar-refractivity contribution in [2.24, 2.45) is 0 Å². The molecule has 0 aliphatic rings. The largest absolute Gasteiger partial charge is 0.497 e. The van der Waals surface area contributed by atoms with Crippen molar-refractivity contribution >= 4 is 5.69 Å². The summed E-state index contributed by atoms with van der Waals surface area (Å²) in [5.41, 5.74) is 8.22. The summed E-state index contributed by atoms with van der Waals surface area (Å²) in [6, 6.07) is 15.0. The highest BCUT2D eigenvalue weighted by Gasteiger charge is 2.14. The summed E-state index contributed by atoms with van der Waals surface area (Å²) in [5.74, 6) is 1.28. The lowest BCUT2D eigenvalue weighted by Crippen LogP contribution is -2.01. The molecular formula is C14H13N5O. The molecule has 6 heteroatoms. The van der Waals surface area contributed by atoms with Crippen LogP contribution < -0.4 is 10.5 Å². The van der Waals surface area contributed by atoms with E-state index in [1.807, 2.05) is 36.4 Å². The van der Waals surface area contributed by atoms with Gasteiger partial charge in [0.15, 0.2) is 5.82 Å². The first-order chi connectivity index (χ1) is 9.79. The van der Waals surface area contributed by atoms with E-state index >= 15 is 0 Å². The van der Waals surface area contributed by atoms with E-state index in [1.54, 1.807) is 23.9 Å². The number of hydrogen-bond acceptors (Lipinski definition) is 5. The number of rotatable bonds is 3. The maximum absolute atomic E-state index is 6.02. The number of ether oxygens (including phenoxy) is 1. The third-order valence-electron chi connectivity index (χ3n) is 2.97. The Morgan fingerprint density at radius 1 is 1.10 bits per heavy atom. The molecule has 1 aromatic heterocycles. The van der Waals surface area contributed by atoms with E-state index in [4.69, 9.17) is 10.5 Å². The van der Waals surface area contributed by atoms with E-state index in [0.29, 0.717) is 17.3 Å². The summed E-state index contributed by atoms with van der Waals surface area (Å²) in [6.45, 7) is 0. The molecule has 100 valence electrons. The van der Waals surface area contributed by atoms with Crippen LogP contribution in [0.5, 0.6) is 5.75 Å². The molecule has 6 nitrogen and oxygen atoms in total. The third kappa shape index (κ3) is 2.07. The lowest BCUT2D eigenvalue weighted by molar-refractivity contribution is 0.415. The lowest BCUT2D eigenvalue weighted by atomic mass is 10.1. The minimum Gasteiger partial charge on any atom is -0.497 e. The molecule has 0 atom stereocenters. The van der Waals surface area contributed by atoms with Crippen molar-refractivity contribution in [2.75, 3.05) is 12.8 Å².